The molecular weight excluding hydrogens is 266 g/mol. The Morgan fingerprint density at radius 2 is 1.67 bits per heavy atom. The second-order valence-corrected chi connectivity index (χ2v) is 4.42. The lowest BCUT2D eigenvalue weighted by Crippen LogP contribution is -1.99. The van der Waals surface area contributed by atoms with Crippen molar-refractivity contribution in [2.45, 2.75) is 0 Å². The summed E-state index contributed by atoms with van der Waals surface area (Å²) in [5, 5.41) is 0.737. The first-order valence-electron chi connectivity index (χ1n) is 6.47. The number of fused-ring (bicyclic) bond motifs is 1. The zero-order valence-corrected chi connectivity index (χ0v) is 11.4. The number of pyridine rings is 1. The molecule has 1 heterocycles. The number of hydrogen-bond acceptors (Lipinski definition) is 4. The number of carbonyl (C=O) groups excluding carboxylic acids is 1. The molecule has 0 saturated heterocycles. The monoisotopic (exact) mass is 279 g/mol. The number of methoxy groups -OCH3 is 1. The second-order valence-electron chi connectivity index (χ2n) is 4.42. The van der Waals surface area contributed by atoms with Crippen LogP contribution in [0, 0.1) is 0 Å². The van der Waals surface area contributed by atoms with E-state index in [1.165, 1.54) is 7.11 Å². The third-order valence-corrected chi connectivity index (χ3v) is 3.22. The van der Waals surface area contributed by atoms with Crippen molar-refractivity contribution in [1.29, 1.82) is 0 Å². The third kappa shape index (κ3) is 2.31. The Kier molecular flexibility index (Phi) is 3.51. The van der Waals surface area contributed by atoms with Gasteiger partial charge in [-0.05, 0) is 12.1 Å². The van der Waals surface area contributed by atoms with Crippen LogP contribution in [0.5, 0.6) is 11.5 Å². The molecule has 0 saturated carbocycles. The van der Waals surface area contributed by atoms with Crippen molar-refractivity contribution in [3.63, 3.8) is 0 Å². The van der Waals surface area contributed by atoms with Gasteiger partial charge in [-0.25, -0.2) is 4.98 Å². The summed E-state index contributed by atoms with van der Waals surface area (Å²) in [6.07, 6.45) is 0. The minimum Gasteiger partial charge on any atom is -0.491 e. The van der Waals surface area contributed by atoms with Crippen molar-refractivity contribution in [3.8, 4) is 22.8 Å². The lowest BCUT2D eigenvalue weighted by Gasteiger charge is -2.14. The van der Waals surface area contributed by atoms with Crippen molar-refractivity contribution in [2.75, 3.05) is 7.11 Å². The molecule has 0 aliphatic rings. The maximum atomic E-state index is 10.8. The number of benzene rings is 2. The van der Waals surface area contributed by atoms with E-state index < -0.39 is 0 Å². The molecule has 0 bridgehead atoms. The molecule has 0 aliphatic heterocycles. The van der Waals surface area contributed by atoms with E-state index in [1.807, 2.05) is 54.6 Å². The van der Waals surface area contributed by atoms with Crippen LogP contribution in [0.25, 0.3) is 22.2 Å². The average Bonchev–Trinajstić information content (AvgIpc) is 2.55. The summed E-state index contributed by atoms with van der Waals surface area (Å²) in [5.41, 5.74) is 2.29. The van der Waals surface area contributed by atoms with E-state index in [0.29, 0.717) is 23.7 Å². The Hall–Kier alpha value is -2.88. The molecule has 2 aromatic carbocycles. The van der Waals surface area contributed by atoms with Crippen molar-refractivity contribution in [3.05, 3.63) is 54.6 Å². The Morgan fingerprint density at radius 3 is 2.38 bits per heavy atom. The van der Waals surface area contributed by atoms with E-state index in [9.17, 15) is 4.79 Å². The van der Waals surface area contributed by atoms with Crippen LogP contribution in [0.15, 0.2) is 54.6 Å². The largest absolute Gasteiger partial charge is 0.491 e. The van der Waals surface area contributed by atoms with E-state index in [4.69, 9.17) is 9.47 Å². The molecule has 1 aromatic heterocycles. The van der Waals surface area contributed by atoms with E-state index in [2.05, 4.69) is 4.98 Å². The molecule has 0 N–H and O–H groups in total. The summed E-state index contributed by atoms with van der Waals surface area (Å²) in [6, 6.07) is 17.1. The summed E-state index contributed by atoms with van der Waals surface area (Å²) in [4.78, 5) is 15.5. The van der Waals surface area contributed by atoms with Crippen molar-refractivity contribution in [2.24, 2.45) is 0 Å². The zero-order valence-electron chi connectivity index (χ0n) is 11.4. The SMILES string of the molecule is COc1c(-c2ccccc2)nc2ccccc2c1OC=O. The van der Waals surface area contributed by atoms with Crippen molar-refractivity contribution >= 4 is 17.4 Å². The van der Waals surface area contributed by atoms with E-state index in [0.717, 1.165) is 16.5 Å². The Labute approximate surface area is 122 Å². The van der Waals surface area contributed by atoms with Gasteiger partial charge in [-0.3, -0.25) is 4.79 Å². The summed E-state index contributed by atoms with van der Waals surface area (Å²) in [5.74, 6) is 0.837. The standard InChI is InChI=1S/C17H13NO3/c1-20-17-15(12-7-3-2-4-8-12)18-14-10-6-5-9-13(14)16(17)21-11-19/h2-11H,1H3. The van der Waals surface area contributed by atoms with Crippen LogP contribution in [-0.4, -0.2) is 18.6 Å². The first-order chi connectivity index (χ1) is 10.3. The molecule has 0 aliphatic carbocycles. The lowest BCUT2D eigenvalue weighted by atomic mass is 10.1. The molecule has 0 amide bonds. The summed E-state index contributed by atoms with van der Waals surface area (Å²) in [7, 11) is 1.54. The number of hydrogen-bond donors (Lipinski definition) is 0. The quantitative estimate of drug-likeness (QED) is 0.686. The molecule has 0 unspecified atom stereocenters. The molecule has 0 radical (unpaired) electrons. The second kappa shape index (κ2) is 5.63. The molecule has 3 aromatic rings. The van der Waals surface area contributed by atoms with Gasteiger partial charge in [0.15, 0.2) is 11.5 Å². The van der Waals surface area contributed by atoms with Crippen LogP contribution in [-0.2, 0) is 4.79 Å². The number of rotatable bonds is 4. The van der Waals surface area contributed by atoms with E-state index >= 15 is 0 Å². The summed E-state index contributed by atoms with van der Waals surface area (Å²) >= 11 is 0. The highest BCUT2D eigenvalue weighted by Gasteiger charge is 2.18. The van der Waals surface area contributed by atoms with Gasteiger partial charge in [0.1, 0.15) is 5.69 Å². The topological polar surface area (TPSA) is 48.4 Å². The molecule has 4 nitrogen and oxygen atoms in total. The number of para-hydroxylation sites is 1. The van der Waals surface area contributed by atoms with Crippen LogP contribution in [0.4, 0.5) is 0 Å². The highest BCUT2D eigenvalue weighted by molar-refractivity contribution is 5.93. The smallest absolute Gasteiger partial charge is 0.298 e. The Bertz CT molecular complexity index is 785. The fourth-order valence-corrected chi connectivity index (χ4v) is 2.31. The number of nitrogens with zero attached hydrogens (tertiary/aromatic N) is 1. The fraction of sp³-hybridized carbons (Fsp3) is 0.0588. The highest BCUT2D eigenvalue weighted by atomic mass is 16.5. The molecule has 104 valence electrons. The Balaban J connectivity index is 2.36. The van der Waals surface area contributed by atoms with Crippen LogP contribution < -0.4 is 9.47 Å². The van der Waals surface area contributed by atoms with Crippen molar-refractivity contribution < 1.29 is 14.3 Å². The van der Waals surface area contributed by atoms with E-state index in [1.54, 1.807) is 0 Å². The fourth-order valence-electron chi connectivity index (χ4n) is 2.31. The lowest BCUT2D eigenvalue weighted by molar-refractivity contribution is -0.120. The van der Waals surface area contributed by atoms with Gasteiger partial charge >= 0.3 is 0 Å². The molecule has 0 fully saturated rings. The van der Waals surface area contributed by atoms with Crippen molar-refractivity contribution in [1.82, 2.24) is 4.98 Å². The molecule has 0 atom stereocenters. The van der Waals surface area contributed by atoms with Gasteiger partial charge < -0.3 is 9.47 Å². The van der Waals surface area contributed by atoms with Gasteiger partial charge in [-0.2, -0.15) is 0 Å². The summed E-state index contributed by atoms with van der Waals surface area (Å²) < 4.78 is 10.6. The minimum atomic E-state index is 0.386. The predicted molar refractivity (Wildman–Crippen MR) is 80.4 cm³/mol. The number of aromatic nitrogens is 1. The van der Waals surface area contributed by atoms with Gasteiger partial charge in [0.2, 0.25) is 0 Å². The first-order valence-corrected chi connectivity index (χ1v) is 6.47. The highest BCUT2D eigenvalue weighted by Crippen LogP contribution is 2.41. The van der Waals surface area contributed by atoms with Gasteiger partial charge in [0, 0.05) is 10.9 Å². The Morgan fingerprint density at radius 1 is 0.952 bits per heavy atom. The predicted octanol–water partition coefficient (Wildman–Crippen LogP) is 3.45. The first kappa shape index (κ1) is 13.1. The van der Waals surface area contributed by atoms with Crippen LogP contribution in [0.3, 0.4) is 0 Å². The van der Waals surface area contributed by atoms with E-state index in [-0.39, 0.29) is 0 Å². The normalized spacial score (nSPS) is 10.3. The molecule has 0 spiro atoms. The van der Waals surface area contributed by atoms with Gasteiger partial charge in [0.25, 0.3) is 6.47 Å². The number of carbonyl (C=O) groups is 1. The maximum Gasteiger partial charge on any atom is 0.298 e. The number of ether oxygens (including phenoxy) is 2. The van der Waals surface area contributed by atoms with Gasteiger partial charge in [0.05, 0.1) is 12.6 Å². The minimum absolute atomic E-state index is 0.386. The van der Waals surface area contributed by atoms with Crippen LogP contribution >= 0.6 is 0 Å². The molecule has 21 heavy (non-hydrogen) atoms. The zero-order chi connectivity index (χ0) is 14.7. The summed E-state index contributed by atoms with van der Waals surface area (Å²) in [6.45, 7) is 0.402. The van der Waals surface area contributed by atoms with Crippen LogP contribution in [0.2, 0.25) is 0 Å². The average molecular weight is 279 g/mol. The molecule has 4 heteroatoms. The van der Waals surface area contributed by atoms with Gasteiger partial charge in [-0.1, -0.05) is 42.5 Å². The van der Waals surface area contributed by atoms with Gasteiger partial charge in [-0.15, -0.1) is 0 Å². The maximum absolute atomic E-state index is 10.8. The third-order valence-electron chi connectivity index (χ3n) is 3.22. The molecule has 3 rings (SSSR count). The van der Waals surface area contributed by atoms with Crippen LogP contribution in [0.1, 0.15) is 0 Å². The molecular formula is C17H13NO3.